The third-order valence-electron chi connectivity index (χ3n) is 2.70. The van der Waals surface area contributed by atoms with Gasteiger partial charge in [0.25, 0.3) is 0 Å². The highest BCUT2D eigenvalue weighted by Crippen LogP contribution is 2.23. The molecular formula is C13H18BrCl2N. The molecule has 0 atom stereocenters. The number of alkyl halides is 1. The first-order valence-electron chi connectivity index (χ1n) is 5.78. The van der Waals surface area contributed by atoms with Crippen LogP contribution in [0, 0.1) is 0 Å². The second kappa shape index (κ2) is 7.63. The van der Waals surface area contributed by atoms with Crippen molar-refractivity contribution in [3.05, 3.63) is 33.8 Å². The van der Waals surface area contributed by atoms with E-state index in [1.807, 2.05) is 12.1 Å². The lowest BCUT2D eigenvalue weighted by Gasteiger charge is -2.26. The average Bonchev–Trinajstić information content (AvgIpc) is 2.26. The van der Waals surface area contributed by atoms with Crippen molar-refractivity contribution in [2.24, 2.45) is 0 Å². The molecule has 17 heavy (non-hydrogen) atoms. The summed E-state index contributed by atoms with van der Waals surface area (Å²) >= 11 is 15.6. The lowest BCUT2D eigenvalue weighted by molar-refractivity contribution is 0.214. The van der Waals surface area contributed by atoms with Gasteiger partial charge in [0.15, 0.2) is 0 Å². The van der Waals surface area contributed by atoms with Gasteiger partial charge in [-0.1, -0.05) is 45.2 Å². The molecule has 1 aromatic carbocycles. The summed E-state index contributed by atoms with van der Waals surface area (Å²) in [6.07, 6.45) is 1.14. The average molecular weight is 339 g/mol. The van der Waals surface area contributed by atoms with Gasteiger partial charge in [-0.2, -0.15) is 0 Å². The first-order chi connectivity index (χ1) is 8.04. The van der Waals surface area contributed by atoms with Crippen molar-refractivity contribution in [2.75, 3.05) is 11.9 Å². The van der Waals surface area contributed by atoms with E-state index in [2.05, 4.69) is 34.7 Å². The second-order valence-corrected chi connectivity index (χ2v) is 5.98. The molecule has 1 nitrogen and oxygen atoms in total. The molecule has 0 radical (unpaired) electrons. The molecule has 0 aliphatic carbocycles. The van der Waals surface area contributed by atoms with Gasteiger partial charge in [0.05, 0.1) is 0 Å². The third kappa shape index (κ3) is 5.17. The fraction of sp³-hybridized carbons (Fsp3) is 0.538. The molecule has 0 unspecified atom stereocenters. The van der Waals surface area contributed by atoms with Crippen LogP contribution in [0.3, 0.4) is 0 Å². The number of nitrogens with zero attached hydrogens (tertiary/aromatic N) is 1. The van der Waals surface area contributed by atoms with Gasteiger partial charge in [0.1, 0.15) is 0 Å². The Labute approximate surface area is 122 Å². The van der Waals surface area contributed by atoms with Crippen LogP contribution in [0.25, 0.3) is 0 Å². The van der Waals surface area contributed by atoms with E-state index in [1.165, 1.54) is 0 Å². The number of benzene rings is 1. The van der Waals surface area contributed by atoms with Crippen LogP contribution in [0.4, 0.5) is 0 Å². The number of halogens is 3. The molecule has 1 rings (SSSR count). The Morgan fingerprint density at radius 2 is 2.00 bits per heavy atom. The largest absolute Gasteiger partial charge is 0.297 e. The maximum absolute atomic E-state index is 6.19. The van der Waals surface area contributed by atoms with Gasteiger partial charge < -0.3 is 0 Å². The van der Waals surface area contributed by atoms with Gasteiger partial charge in [-0.05, 0) is 44.5 Å². The van der Waals surface area contributed by atoms with E-state index in [1.54, 1.807) is 6.07 Å². The summed E-state index contributed by atoms with van der Waals surface area (Å²) in [6, 6.07) is 6.22. The molecule has 0 fully saturated rings. The van der Waals surface area contributed by atoms with E-state index in [9.17, 15) is 0 Å². The molecule has 0 bridgehead atoms. The highest BCUT2D eigenvalue weighted by Gasteiger charge is 2.11. The minimum atomic E-state index is 0.515. The minimum Gasteiger partial charge on any atom is -0.297 e. The van der Waals surface area contributed by atoms with E-state index >= 15 is 0 Å². The normalized spacial score (nSPS) is 11.5. The quantitative estimate of drug-likeness (QED) is 0.660. The van der Waals surface area contributed by atoms with Crippen LogP contribution in [0.5, 0.6) is 0 Å². The number of rotatable bonds is 6. The summed E-state index contributed by atoms with van der Waals surface area (Å²) in [5.74, 6) is 0. The van der Waals surface area contributed by atoms with Crippen LogP contribution in [0.15, 0.2) is 18.2 Å². The topological polar surface area (TPSA) is 3.24 Å². The molecule has 0 spiro atoms. The van der Waals surface area contributed by atoms with E-state index in [0.717, 1.165) is 35.4 Å². The summed E-state index contributed by atoms with van der Waals surface area (Å²) in [5.41, 5.74) is 1.14. The zero-order chi connectivity index (χ0) is 12.8. The zero-order valence-corrected chi connectivity index (χ0v) is 13.3. The van der Waals surface area contributed by atoms with Crippen molar-refractivity contribution in [1.82, 2.24) is 4.90 Å². The molecule has 1 aromatic rings. The van der Waals surface area contributed by atoms with Crippen molar-refractivity contribution in [3.63, 3.8) is 0 Å². The zero-order valence-electron chi connectivity index (χ0n) is 10.2. The van der Waals surface area contributed by atoms with Crippen molar-refractivity contribution in [2.45, 2.75) is 32.9 Å². The minimum absolute atomic E-state index is 0.515. The number of hydrogen-bond donors (Lipinski definition) is 0. The van der Waals surface area contributed by atoms with Crippen LogP contribution in [-0.2, 0) is 6.54 Å². The van der Waals surface area contributed by atoms with E-state index < -0.39 is 0 Å². The van der Waals surface area contributed by atoms with Gasteiger partial charge >= 0.3 is 0 Å². The Kier molecular flexibility index (Phi) is 6.86. The summed E-state index contributed by atoms with van der Waals surface area (Å²) in [5, 5.41) is 2.47. The monoisotopic (exact) mass is 337 g/mol. The van der Waals surface area contributed by atoms with Gasteiger partial charge in [-0.3, -0.25) is 4.90 Å². The molecule has 0 heterocycles. The van der Waals surface area contributed by atoms with Crippen molar-refractivity contribution >= 4 is 39.1 Å². The first kappa shape index (κ1) is 15.3. The molecule has 4 heteroatoms. The molecule has 0 amide bonds. The Hall–Kier alpha value is 0.240. The smallest absolute Gasteiger partial charge is 0.0465 e. The molecule has 0 N–H and O–H groups in total. The lowest BCUT2D eigenvalue weighted by Crippen LogP contribution is -2.31. The fourth-order valence-electron chi connectivity index (χ4n) is 1.65. The molecule has 0 aliphatic rings. The highest BCUT2D eigenvalue weighted by atomic mass is 79.9. The van der Waals surface area contributed by atoms with Crippen LogP contribution in [-0.4, -0.2) is 22.8 Å². The maximum Gasteiger partial charge on any atom is 0.0465 e. The van der Waals surface area contributed by atoms with Crippen LogP contribution in [0.1, 0.15) is 25.8 Å². The maximum atomic E-state index is 6.19. The van der Waals surface area contributed by atoms with Crippen LogP contribution >= 0.6 is 39.1 Å². The molecule has 0 saturated carbocycles. The predicted molar refractivity (Wildman–Crippen MR) is 80.4 cm³/mol. The van der Waals surface area contributed by atoms with Gasteiger partial charge in [0, 0.05) is 28.0 Å². The SMILES string of the molecule is CC(C)N(CCCBr)Cc1ccc(Cl)cc1Cl. The second-order valence-electron chi connectivity index (χ2n) is 4.34. The van der Waals surface area contributed by atoms with Crippen molar-refractivity contribution in [1.29, 1.82) is 0 Å². The summed E-state index contributed by atoms with van der Waals surface area (Å²) in [6.45, 7) is 6.36. The summed E-state index contributed by atoms with van der Waals surface area (Å²) in [4.78, 5) is 2.41. The predicted octanol–water partition coefficient (Wildman–Crippen LogP) is 4.99. The van der Waals surface area contributed by atoms with Crippen molar-refractivity contribution in [3.8, 4) is 0 Å². The molecular weight excluding hydrogens is 321 g/mol. The van der Waals surface area contributed by atoms with Gasteiger partial charge in [-0.15, -0.1) is 0 Å². The fourth-order valence-corrected chi connectivity index (χ4v) is 2.37. The molecule has 96 valence electrons. The van der Waals surface area contributed by atoms with E-state index in [0.29, 0.717) is 11.1 Å². The molecule has 0 saturated heterocycles. The summed E-state index contributed by atoms with van der Waals surface area (Å²) in [7, 11) is 0. The Bertz CT molecular complexity index is 355. The van der Waals surface area contributed by atoms with Crippen LogP contribution < -0.4 is 0 Å². The van der Waals surface area contributed by atoms with Crippen LogP contribution in [0.2, 0.25) is 10.0 Å². The Balaban J connectivity index is 2.71. The highest BCUT2D eigenvalue weighted by molar-refractivity contribution is 9.09. The summed E-state index contributed by atoms with van der Waals surface area (Å²) < 4.78 is 0. The number of hydrogen-bond acceptors (Lipinski definition) is 1. The van der Waals surface area contributed by atoms with E-state index in [4.69, 9.17) is 23.2 Å². The van der Waals surface area contributed by atoms with Gasteiger partial charge in [0.2, 0.25) is 0 Å². The molecule has 0 aromatic heterocycles. The standard InChI is InChI=1S/C13H18BrCl2N/c1-10(2)17(7-3-6-14)9-11-4-5-12(15)8-13(11)16/h4-5,8,10H,3,6-7,9H2,1-2H3. The molecule has 0 aliphatic heterocycles. The van der Waals surface area contributed by atoms with E-state index in [-0.39, 0.29) is 0 Å². The first-order valence-corrected chi connectivity index (χ1v) is 7.66. The van der Waals surface area contributed by atoms with Crippen molar-refractivity contribution < 1.29 is 0 Å². The Morgan fingerprint density at radius 1 is 1.29 bits per heavy atom. The third-order valence-corrected chi connectivity index (χ3v) is 3.85. The van der Waals surface area contributed by atoms with Gasteiger partial charge in [-0.25, -0.2) is 0 Å². The Morgan fingerprint density at radius 3 is 2.53 bits per heavy atom. The lowest BCUT2D eigenvalue weighted by atomic mass is 10.2.